The lowest BCUT2D eigenvalue weighted by Gasteiger charge is -2.09. The number of sulfonamides is 1. The maximum absolute atomic E-state index is 12.3. The van der Waals surface area contributed by atoms with Gasteiger partial charge in [0.2, 0.25) is 0 Å². The van der Waals surface area contributed by atoms with Crippen molar-refractivity contribution < 1.29 is 13.3 Å². The fraction of sp³-hybridized carbons (Fsp3) is 0.0909. The summed E-state index contributed by atoms with van der Waals surface area (Å²) in [5.74, 6) is -0.299. The number of hydrogen-bond acceptors (Lipinski definition) is 8. The second-order valence-electron chi connectivity index (χ2n) is 4.20. The van der Waals surface area contributed by atoms with E-state index in [1.807, 2.05) is 4.72 Å². The van der Waals surface area contributed by atoms with E-state index in [-0.39, 0.29) is 15.9 Å². The minimum absolute atomic E-state index is 0.228. The molecule has 2 aromatic rings. The van der Waals surface area contributed by atoms with Gasteiger partial charge >= 0.3 is 0 Å². The third-order valence-electron chi connectivity index (χ3n) is 2.69. The summed E-state index contributed by atoms with van der Waals surface area (Å²) in [6.45, 7) is 0. The molecule has 0 spiro atoms. The number of H-pyrrole nitrogens is 1. The van der Waals surface area contributed by atoms with Crippen LogP contribution in [0.15, 0.2) is 39.1 Å². The van der Waals surface area contributed by atoms with Crippen LogP contribution in [0.25, 0.3) is 0 Å². The number of nitrogens with one attached hydrogen (secondary N) is 2. The van der Waals surface area contributed by atoms with Crippen molar-refractivity contribution in [2.45, 2.75) is 10.1 Å². The highest BCUT2D eigenvalue weighted by molar-refractivity contribution is 7.98. The third kappa shape index (κ3) is 3.60. The zero-order chi connectivity index (χ0) is 17.2. The molecule has 0 atom stereocenters. The number of hydrogen-bond donors (Lipinski definition) is 3. The van der Waals surface area contributed by atoms with E-state index < -0.39 is 31.9 Å². The molecular formula is C11H11N5O5S2. The Labute approximate surface area is 134 Å². The Balaban J connectivity index is 2.45. The fourth-order valence-electron chi connectivity index (χ4n) is 1.62. The SMILES string of the molecule is CSc1nc(N)c(NS(=O)(=O)c2cccc([N+](=O)[O-])c2)c(=O)[nH]1. The smallest absolute Gasteiger partial charge is 0.278 e. The molecule has 0 radical (unpaired) electrons. The maximum atomic E-state index is 12.3. The number of non-ortho nitro benzene ring substituents is 1. The van der Waals surface area contributed by atoms with Crippen molar-refractivity contribution in [3.05, 3.63) is 44.7 Å². The van der Waals surface area contributed by atoms with Gasteiger partial charge in [-0.1, -0.05) is 17.8 Å². The van der Waals surface area contributed by atoms with Gasteiger partial charge in [-0.2, -0.15) is 0 Å². The largest absolute Gasteiger partial charge is 0.382 e. The highest BCUT2D eigenvalue weighted by Gasteiger charge is 2.21. The summed E-state index contributed by atoms with van der Waals surface area (Å²) in [5, 5.41) is 10.9. The van der Waals surface area contributed by atoms with Crippen molar-refractivity contribution in [1.29, 1.82) is 0 Å². The third-order valence-corrected chi connectivity index (χ3v) is 4.62. The monoisotopic (exact) mass is 357 g/mol. The van der Waals surface area contributed by atoms with Gasteiger partial charge in [0.15, 0.2) is 16.7 Å². The second-order valence-corrected chi connectivity index (χ2v) is 6.67. The van der Waals surface area contributed by atoms with Crippen LogP contribution in [0.3, 0.4) is 0 Å². The number of nitro benzene ring substituents is 1. The van der Waals surface area contributed by atoms with E-state index in [2.05, 4.69) is 9.97 Å². The Morgan fingerprint density at radius 1 is 1.43 bits per heavy atom. The highest BCUT2D eigenvalue weighted by Crippen LogP contribution is 2.21. The molecule has 0 aliphatic carbocycles. The van der Waals surface area contributed by atoms with Gasteiger partial charge in [-0.3, -0.25) is 24.6 Å². The predicted octanol–water partition coefficient (Wildman–Crippen LogP) is 0.783. The molecule has 1 heterocycles. The Bertz CT molecular complexity index is 925. The van der Waals surface area contributed by atoms with Gasteiger partial charge in [0.1, 0.15) is 0 Å². The average Bonchev–Trinajstić information content (AvgIpc) is 2.50. The van der Waals surface area contributed by atoms with Gasteiger partial charge in [-0.25, -0.2) is 13.4 Å². The van der Waals surface area contributed by atoms with Crippen molar-refractivity contribution in [3.8, 4) is 0 Å². The molecule has 0 unspecified atom stereocenters. The lowest BCUT2D eigenvalue weighted by molar-refractivity contribution is -0.385. The number of anilines is 2. The second kappa shape index (κ2) is 6.26. The zero-order valence-corrected chi connectivity index (χ0v) is 13.3. The Morgan fingerprint density at radius 3 is 2.70 bits per heavy atom. The van der Waals surface area contributed by atoms with Crippen LogP contribution in [0, 0.1) is 10.1 Å². The van der Waals surface area contributed by atoms with Crippen LogP contribution in [0.2, 0.25) is 0 Å². The Morgan fingerprint density at radius 2 is 2.13 bits per heavy atom. The molecule has 1 aromatic heterocycles. The first-order chi connectivity index (χ1) is 10.7. The van der Waals surface area contributed by atoms with Crippen molar-refractivity contribution in [2.75, 3.05) is 16.7 Å². The lowest BCUT2D eigenvalue weighted by Crippen LogP contribution is -2.23. The molecule has 0 saturated carbocycles. The van der Waals surface area contributed by atoms with Crippen molar-refractivity contribution in [1.82, 2.24) is 9.97 Å². The molecule has 0 amide bonds. The number of nitro groups is 1. The lowest BCUT2D eigenvalue weighted by atomic mass is 10.3. The van der Waals surface area contributed by atoms with Gasteiger partial charge in [0, 0.05) is 12.1 Å². The van der Waals surface area contributed by atoms with Crippen molar-refractivity contribution >= 4 is 39.0 Å². The molecule has 0 aliphatic heterocycles. The topological polar surface area (TPSA) is 161 Å². The zero-order valence-electron chi connectivity index (χ0n) is 11.6. The molecule has 10 nitrogen and oxygen atoms in total. The van der Waals surface area contributed by atoms with Gasteiger partial charge in [0.25, 0.3) is 21.3 Å². The summed E-state index contributed by atoms with van der Waals surface area (Å²) in [7, 11) is -4.24. The number of rotatable bonds is 5. The van der Waals surface area contributed by atoms with Crippen molar-refractivity contribution in [3.63, 3.8) is 0 Å². The summed E-state index contributed by atoms with van der Waals surface area (Å²) in [6, 6.07) is 4.39. The molecule has 0 bridgehead atoms. The molecular weight excluding hydrogens is 346 g/mol. The standard InChI is InChI=1S/C11H11N5O5S2/c1-22-11-13-9(12)8(10(17)14-11)15-23(20,21)7-4-2-3-6(5-7)16(18)19/h2-5,15H,1H3,(H3,12,13,14,17). The normalized spacial score (nSPS) is 11.2. The van der Waals surface area contributed by atoms with Crippen LogP contribution in [0.5, 0.6) is 0 Å². The number of nitrogen functional groups attached to an aromatic ring is 1. The van der Waals surface area contributed by atoms with Gasteiger partial charge in [-0.15, -0.1) is 0 Å². The van der Waals surface area contributed by atoms with E-state index >= 15 is 0 Å². The molecule has 23 heavy (non-hydrogen) atoms. The van der Waals surface area contributed by atoms with Gasteiger partial charge < -0.3 is 5.73 Å². The van der Waals surface area contributed by atoms with E-state index in [9.17, 15) is 23.3 Å². The number of aromatic amines is 1. The molecule has 0 saturated heterocycles. The van der Waals surface area contributed by atoms with E-state index in [0.717, 1.165) is 30.0 Å². The van der Waals surface area contributed by atoms with Gasteiger partial charge in [0.05, 0.1) is 9.82 Å². The first kappa shape index (κ1) is 16.8. The summed E-state index contributed by atoms with van der Waals surface area (Å²) in [4.78, 5) is 27.7. The first-order valence-electron chi connectivity index (χ1n) is 5.95. The number of benzene rings is 1. The van der Waals surface area contributed by atoms with Crippen LogP contribution in [0.1, 0.15) is 0 Å². The van der Waals surface area contributed by atoms with E-state index in [4.69, 9.17) is 5.73 Å². The molecule has 12 heteroatoms. The molecule has 0 fully saturated rings. The van der Waals surface area contributed by atoms with Crippen LogP contribution in [0.4, 0.5) is 17.2 Å². The minimum Gasteiger partial charge on any atom is -0.382 e. The van der Waals surface area contributed by atoms with Crippen LogP contribution in [-0.2, 0) is 10.0 Å². The minimum atomic E-state index is -4.24. The number of nitrogens with two attached hydrogens (primary N) is 1. The summed E-state index contributed by atoms with van der Waals surface area (Å²) >= 11 is 1.13. The highest BCUT2D eigenvalue weighted by atomic mass is 32.2. The first-order valence-corrected chi connectivity index (χ1v) is 8.66. The van der Waals surface area contributed by atoms with Crippen LogP contribution in [-0.4, -0.2) is 29.6 Å². The fourth-order valence-corrected chi connectivity index (χ4v) is 3.12. The summed E-state index contributed by atoms with van der Waals surface area (Å²) in [5.41, 5.74) is 3.97. The quantitative estimate of drug-likeness (QED) is 0.306. The van der Waals surface area contributed by atoms with Gasteiger partial charge in [-0.05, 0) is 12.3 Å². The molecule has 0 aliphatic rings. The van der Waals surface area contributed by atoms with E-state index in [1.165, 1.54) is 6.07 Å². The summed E-state index contributed by atoms with van der Waals surface area (Å²) < 4.78 is 26.5. The predicted molar refractivity (Wildman–Crippen MR) is 85.0 cm³/mol. The number of aromatic nitrogens is 2. The van der Waals surface area contributed by atoms with Crippen LogP contribution >= 0.6 is 11.8 Å². The Hall–Kier alpha value is -2.60. The summed E-state index contributed by atoms with van der Waals surface area (Å²) in [6.07, 6.45) is 1.66. The Kier molecular flexibility index (Phi) is 4.56. The molecule has 2 rings (SSSR count). The van der Waals surface area contributed by atoms with Crippen molar-refractivity contribution in [2.24, 2.45) is 0 Å². The number of thioether (sulfide) groups is 1. The van der Waals surface area contributed by atoms with E-state index in [0.29, 0.717) is 0 Å². The van der Waals surface area contributed by atoms with Crippen LogP contribution < -0.4 is 16.0 Å². The number of nitrogens with zero attached hydrogens (tertiary/aromatic N) is 2. The molecule has 4 N–H and O–H groups in total. The maximum Gasteiger partial charge on any atom is 0.278 e. The van der Waals surface area contributed by atoms with E-state index in [1.54, 1.807) is 6.26 Å². The molecule has 1 aromatic carbocycles. The molecule has 122 valence electrons. The average molecular weight is 357 g/mol.